The number of hydrogen-bond acceptors (Lipinski definition) is 2. The predicted octanol–water partition coefficient (Wildman–Crippen LogP) is 8.26. The van der Waals surface area contributed by atoms with Gasteiger partial charge in [-0.15, -0.1) is 23.5 Å². The summed E-state index contributed by atoms with van der Waals surface area (Å²) in [7, 11) is -7.30. The molecule has 1 aliphatic rings. The molecule has 0 amide bonds. The molecule has 1 aliphatic heterocycles. The van der Waals surface area contributed by atoms with Gasteiger partial charge in [-0.05, 0) is 33.3 Å². The zero-order valence-electron chi connectivity index (χ0n) is 21.2. The van der Waals surface area contributed by atoms with E-state index >= 15 is 0 Å². The molecule has 1 heterocycles. The van der Waals surface area contributed by atoms with E-state index in [4.69, 9.17) is 0 Å². The molecule has 0 nitrogen and oxygen atoms in total. The van der Waals surface area contributed by atoms with Gasteiger partial charge in [-0.25, -0.2) is 0 Å². The van der Waals surface area contributed by atoms with Gasteiger partial charge in [0.25, 0.3) is 0 Å². The molecule has 0 spiro atoms. The molecule has 3 rings (SSSR count). The molecule has 0 radical (unpaired) electrons. The maximum absolute atomic E-state index is 2.84. The quantitative estimate of drug-likeness (QED) is 0.362. The minimum absolute atomic E-state index is 0.916. The second-order valence-corrected chi connectivity index (χ2v) is 61.1. The van der Waals surface area contributed by atoms with Crippen LogP contribution in [-0.2, 0) is 0 Å². The van der Waals surface area contributed by atoms with Crippen molar-refractivity contribution in [3.8, 4) is 0 Å². The van der Waals surface area contributed by atoms with Gasteiger partial charge in [0.2, 0.25) is 0 Å². The van der Waals surface area contributed by atoms with Gasteiger partial charge >= 0.3 is 0 Å². The summed E-state index contributed by atoms with van der Waals surface area (Å²) in [6.07, 6.45) is 0. The van der Waals surface area contributed by atoms with Gasteiger partial charge in [0.15, 0.2) is 0 Å². The Bertz CT molecular complexity index is 821. The molecule has 0 aliphatic carbocycles. The molecule has 0 aromatic heterocycles. The van der Waals surface area contributed by atoms with Crippen molar-refractivity contribution in [2.75, 3.05) is 0 Å². The second kappa shape index (κ2) is 8.78. The highest BCUT2D eigenvalue weighted by molar-refractivity contribution is 8.10. The Morgan fingerprint density at radius 3 is 1.03 bits per heavy atom. The lowest BCUT2D eigenvalue weighted by atomic mass is 10.4. The summed E-state index contributed by atoms with van der Waals surface area (Å²) in [6, 6.07) is 22.8. The van der Waals surface area contributed by atoms with Crippen molar-refractivity contribution in [2.24, 2.45) is 0 Å². The summed E-state index contributed by atoms with van der Waals surface area (Å²) >= 11 is 4.62. The first-order valence-electron chi connectivity index (χ1n) is 11.6. The van der Waals surface area contributed by atoms with Crippen LogP contribution in [0.1, 0.15) is 0 Å². The predicted molar refractivity (Wildman–Crippen MR) is 160 cm³/mol. The Kier molecular flexibility index (Phi) is 7.32. The van der Waals surface area contributed by atoms with E-state index in [-0.39, 0.29) is 0 Å². The monoisotopic (exact) mass is 534 g/mol. The number of benzene rings is 2. The van der Waals surface area contributed by atoms with E-state index in [9.17, 15) is 0 Å². The molecule has 0 bridgehead atoms. The van der Waals surface area contributed by atoms with E-state index in [1.165, 1.54) is 9.79 Å². The minimum Gasteiger partial charge on any atom is -0.129 e. The average Bonchev–Trinajstić information content (AvgIpc) is 2.71. The molecule has 170 valence electrons. The Hall–Kier alpha value is 0.224. The molecule has 1 fully saturated rings. The molecule has 1 saturated heterocycles. The smallest absolute Gasteiger partial charge is 0.0536 e. The summed E-state index contributed by atoms with van der Waals surface area (Å²) in [6.45, 7) is 28.2. The number of hydrogen-bond donors (Lipinski definition) is 0. The van der Waals surface area contributed by atoms with Crippen LogP contribution >= 0.6 is 23.5 Å². The summed E-state index contributed by atoms with van der Waals surface area (Å²) in [4.78, 5) is 3.02. The highest BCUT2D eigenvalue weighted by Gasteiger charge is 2.70. The van der Waals surface area contributed by atoms with E-state index in [0.717, 1.165) is 8.99 Å². The van der Waals surface area contributed by atoms with Gasteiger partial charge in [-0.3, -0.25) is 0 Å². The molecule has 2 aromatic rings. The first-order chi connectivity index (χ1) is 14.2. The fourth-order valence-corrected chi connectivity index (χ4v) is 109. The fourth-order valence-electron chi connectivity index (χ4n) is 5.83. The average molecular weight is 535 g/mol. The van der Waals surface area contributed by atoms with Crippen molar-refractivity contribution < 1.29 is 0 Å². The Balaban J connectivity index is 2.20. The van der Waals surface area contributed by atoms with Crippen molar-refractivity contribution >= 4 is 61.0 Å². The van der Waals surface area contributed by atoms with Crippen LogP contribution < -0.4 is 0 Å². The van der Waals surface area contributed by atoms with Crippen LogP contribution in [0.3, 0.4) is 0 Å². The molecular formula is C24H42S2Si5. The van der Waals surface area contributed by atoms with Crippen LogP contribution in [0.5, 0.6) is 0 Å². The van der Waals surface area contributed by atoms with Crippen molar-refractivity contribution in [3.63, 3.8) is 0 Å². The third-order valence-corrected chi connectivity index (χ3v) is 93.5. The van der Waals surface area contributed by atoms with E-state index in [0.29, 0.717) is 0 Å². The maximum atomic E-state index is 2.84. The Labute approximate surface area is 204 Å². The minimum atomic E-state index is -1.50. The molecule has 2 aromatic carbocycles. The van der Waals surface area contributed by atoms with Crippen LogP contribution in [0.15, 0.2) is 70.5 Å². The lowest BCUT2D eigenvalue weighted by molar-refractivity contribution is 1.43. The largest absolute Gasteiger partial charge is 0.129 e. The van der Waals surface area contributed by atoms with Gasteiger partial charge in [0, 0.05) is 16.9 Å². The molecule has 31 heavy (non-hydrogen) atoms. The van der Waals surface area contributed by atoms with E-state index < -0.39 is 37.5 Å². The Morgan fingerprint density at radius 2 is 0.742 bits per heavy atom. The lowest BCUT2D eigenvalue weighted by Crippen LogP contribution is -2.76. The summed E-state index contributed by atoms with van der Waals surface area (Å²) in [5.41, 5.74) is 0. The van der Waals surface area contributed by atoms with Crippen LogP contribution in [0.2, 0.25) is 65.5 Å². The van der Waals surface area contributed by atoms with E-state index in [1.54, 1.807) is 0 Å². The van der Waals surface area contributed by atoms with E-state index in [2.05, 4.69) is 150 Å². The van der Waals surface area contributed by atoms with Crippen LogP contribution in [-0.4, -0.2) is 46.5 Å². The third kappa shape index (κ3) is 4.25. The summed E-state index contributed by atoms with van der Waals surface area (Å²) in [5.74, 6) is 0. The first-order valence-corrected chi connectivity index (χ1v) is 31.7. The van der Waals surface area contributed by atoms with Crippen LogP contribution in [0.4, 0.5) is 0 Å². The highest BCUT2D eigenvalue weighted by atomic mass is 32.2. The van der Waals surface area contributed by atoms with Gasteiger partial charge in [-0.2, -0.15) is 0 Å². The fraction of sp³-hybridized carbons (Fsp3) is 0.500. The summed E-state index contributed by atoms with van der Waals surface area (Å²) < 4.78 is 1.83. The SMILES string of the molecule is C[Si]1(C)C(Sc2ccccc2)[Si](C)(C)[Si](C)(C)[Si](C)(C)C(Sc2ccccc2)[Si]1(C)C. The van der Waals surface area contributed by atoms with Gasteiger partial charge in [0.1, 0.15) is 0 Å². The molecule has 2 unspecified atom stereocenters. The zero-order chi connectivity index (χ0) is 23.3. The maximum Gasteiger partial charge on any atom is 0.0536 e. The molecule has 2 atom stereocenters. The van der Waals surface area contributed by atoms with E-state index in [1.807, 2.05) is 0 Å². The summed E-state index contributed by atoms with van der Waals surface area (Å²) in [5, 5.41) is 0. The molecule has 7 heteroatoms. The van der Waals surface area contributed by atoms with Crippen LogP contribution in [0, 0.1) is 0 Å². The van der Waals surface area contributed by atoms with Crippen molar-refractivity contribution in [1.82, 2.24) is 0 Å². The highest BCUT2D eigenvalue weighted by Crippen LogP contribution is 2.53. The van der Waals surface area contributed by atoms with Gasteiger partial charge < -0.3 is 0 Å². The van der Waals surface area contributed by atoms with Crippen molar-refractivity contribution in [3.05, 3.63) is 60.7 Å². The van der Waals surface area contributed by atoms with Crippen molar-refractivity contribution in [1.29, 1.82) is 0 Å². The number of thioether (sulfide) groups is 2. The third-order valence-electron chi connectivity index (χ3n) is 9.50. The second-order valence-electron chi connectivity index (χ2n) is 12.1. The first kappa shape index (κ1) is 25.8. The van der Waals surface area contributed by atoms with Gasteiger partial charge in [0.05, 0.1) is 30.4 Å². The lowest BCUT2D eigenvalue weighted by Gasteiger charge is -2.52. The van der Waals surface area contributed by atoms with Crippen LogP contribution in [0.25, 0.3) is 0 Å². The standard InChI is InChI=1S/C24H42S2Si5/c1-27(2)23(25-21-17-13-11-14-18-21)29(5,6)31(9,10)30(7,8)24(28(27,3)4)26-22-19-15-12-16-20-22/h11-20,23-24H,1-10H3. The number of rotatable bonds is 4. The topological polar surface area (TPSA) is 0 Å². The molecule has 0 N–H and O–H groups in total. The Morgan fingerprint density at radius 1 is 0.452 bits per heavy atom. The normalized spacial score (nSPS) is 27.9. The molecular weight excluding hydrogens is 493 g/mol. The van der Waals surface area contributed by atoms with Gasteiger partial charge in [-0.1, -0.05) is 102 Å². The zero-order valence-corrected chi connectivity index (χ0v) is 27.9. The molecule has 0 saturated carbocycles. The van der Waals surface area contributed by atoms with Crippen molar-refractivity contribution in [2.45, 2.75) is 84.3 Å².